The molecule has 8 heteroatoms. The smallest absolute Gasteiger partial charge is 0.166 e. The maximum Gasteiger partial charge on any atom is 0.166 e. The summed E-state index contributed by atoms with van der Waals surface area (Å²) in [6, 6.07) is 6.75. The second-order valence-corrected chi connectivity index (χ2v) is 8.65. The van der Waals surface area contributed by atoms with E-state index in [0.717, 1.165) is 46.5 Å². The van der Waals surface area contributed by atoms with Crippen LogP contribution >= 0.6 is 0 Å². The first kappa shape index (κ1) is 19.2. The fourth-order valence-corrected chi connectivity index (χ4v) is 4.76. The van der Waals surface area contributed by atoms with E-state index in [2.05, 4.69) is 19.7 Å². The molecule has 1 aromatic carbocycles. The molecule has 1 fully saturated rings. The van der Waals surface area contributed by atoms with E-state index in [1.807, 2.05) is 19.2 Å². The standard InChI is InChI=1S/C24H23FN6O/c1-13-19-9-16(25)5-6-18(19)22-20(28-12-29-22)7-14-11-30-31(17-3-2-4-17)23(14)15-8-21(32-13)24(26)27-10-15/h5-6,8-13,17,22H,2-4,7H2,1H3,(H2,26,27). The molecule has 1 saturated carbocycles. The van der Waals surface area contributed by atoms with E-state index < -0.39 is 6.10 Å². The molecule has 0 radical (unpaired) electrons. The third-order valence-electron chi connectivity index (χ3n) is 6.66. The van der Waals surface area contributed by atoms with Gasteiger partial charge in [-0.25, -0.2) is 14.4 Å². The lowest BCUT2D eigenvalue weighted by Gasteiger charge is -2.28. The van der Waals surface area contributed by atoms with Gasteiger partial charge in [-0.1, -0.05) is 6.07 Å². The van der Waals surface area contributed by atoms with Gasteiger partial charge in [0.2, 0.25) is 0 Å². The highest BCUT2D eigenvalue weighted by Gasteiger charge is 2.31. The van der Waals surface area contributed by atoms with E-state index in [0.29, 0.717) is 24.0 Å². The fourth-order valence-electron chi connectivity index (χ4n) is 4.76. The van der Waals surface area contributed by atoms with Crippen molar-refractivity contribution in [3.8, 4) is 17.0 Å². The zero-order valence-corrected chi connectivity index (χ0v) is 17.7. The van der Waals surface area contributed by atoms with Gasteiger partial charge in [0.05, 0.1) is 23.6 Å². The SMILES string of the molecule is CC1Oc2cc(cnc2N)-c2c(cnn2C2CCC2)CC2=NC=NC2c2ccc(F)cc21. The first-order valence-corrected chi connectivity index (χ1v) is 10.9. The summed E-state index contributed by atoms with van der Waals surface area (Å²) in [5.41, 5.74) is 11.6. The summed E-state index contributed by atoms with van der Waals surface area (Å²) in [5.74, 6) is 0.450. The Labute approximate surface area is 184 Å². The normalized spacial score (nSPS) is 21.9. The number of fused-ring (bicyclic) bond motifs is 7. The first-order chi connectivity index (χ1) is 15.6. The average molecular weight is 430 g/mol. The number of hydrogen-bond donors (Lipinski definition) is 1. The van der Waals surface area contributed by atoms with Crippen LogP contribution in [0.25, 0.3) is 11.3 Å². The number of aliphatic imine (C=N–C) groups is 2. The lowest BCUT2D eigenvalue weighted by Crippen LogP contribution is -2.20. The van der Waals surface area contributed by atoms with Crippen LogP contribution < -0.4 is 10.5 Å². The quantitative estimate of drug-likeness (QED) is 0.610. The molecule has 32 heavy (non-hydrogen) atoms. The van der Waals surface area contributed by atoms with E-state index in [-0.39, 0.29) is 11.9 Å². The predicted molar refractivity (Wildman–Crippen MR) is 121 cm³/mol. The number of nitrogens with two attached hydrogens (primary N) is 1. The first-order valence-electron chi connectivity index (χ1n) is 10.9. The minimum atomic E-state index is -0.451. The minimum absolute atomic E-state index is 0.287. The number of nitrogen functional groups attached to an aromatic ring is 1. The van der Waals surface area contributed by atoms with Crippen LogP contribution in [0.1, 0.15) is 61.1 Å². The van der Waals surface area contributed by atoms with Crippen molar-refractivity contribution in [2.75, 3.05) is 5.73 Å². The molecular formula is C24H23FN6O. The number of nitrogens with zero attached hydrogens (tertiary/aromatic N) is 5. The topological polar surface area (TPSA) is 90.7 Å². The summed E-state index contributed by atoms with van der Waals surface area (Å²) in [6.07, 6.45) is 8.86. The fraction of sp³-hybridized carbons (Fsp3) is 0.333. The Bertz CT molecular complexity index is 1280. The van der Waals surface area contributed by atoms with Crippen LogP contribution in [0.5, 0.6) is 5.75 Å². The summed E-state index contributed by atoms with van der Waals surface area (Å²) < 4.78 is 22.6. The van der Waals surface area contributed by atoms with Gasteiger partial charge < -0.3 is 10.5 Å². The molecule has 3 aromatic rings. The van der Waals surface area contributed by atoms with Gasteiger partial charge in [0.15, 0.2) is 11.6 Å². The van der Waals surface area contributed by atoms with Crippen molar-refractivity contribution in [3.05, 3.63) is 59.2 Å². The highest BCUT2D eigenvalue weighted by Crippen LogP contribution is 2.40. The molecule has 6 rings (SSSR count). The van der Waals surface area contributed by atoms with E-state index in [9.17, 15) is 4.39 Å². The molecule has 2 N–H and O–H groups in total. The van der Waals surface area contributed by atoms with Crippen LogP contribution in [0.3, 0.4) is 0 Å². The summed E-state index contributed by atoms with van der Waals surface area (Å²) >= 11 is 0. The van der Waals surface area contributed by atoms with E-state index in [1.165, 1.54) is 18.6 Å². The van der Waals surface area contributed by atoms with Crippen molar-refractivity contribution in [1.29, 1.82) is 0 Å². The Morgan fingerprint density at radius 1 is 1.16 bits per heavy atom. The Morgan fingerprint density at radius 3 is 2.84 bits per heavy atom. The van der Waals surface area contributed by atoms with Gasteiger partial charge in [-0.15, -0.1) is 0 Å². The van der Waals surface area contributed by atoms with Crippen molar-refractivity contribution in [2.24, 2.45) is 9.98 Å². The average Bonchev–Trinajstić information content (AvgIpc) is 3.35. The maximum absolute atomic E-state index is 14.2. The molecular weight excluding hydrogens is 407 g/mol. The molecule has 2 aliphatic heterocycles. The molecule has 0 amide bonds. The van der Waals surface area contributed by atoms with Gasteiger partial charge in [0.25, 0.3) is 0 Å². The molecule has 2 unspecified atom stereocenters. The van der Waals surface area contributed by atoms with Gasteiger partial charge in [-0.05, 0) is 49.9 Å². The van der Waals surface area contributed by atoms with Crippen LogP contribution in [-0.2, 0) is 6.42 Å². The van der Waals surface area contributed by atoms with Crippen molar-refractivity contribution >= 4 is 17.9 Å². The van der Waals surface area contributed by atoms with Gasteiger partial charge in [0.1, 0.15) is 24.3 Å². The van der Waals surface area contributed by atoms with Crippen LogP contribution in [-0.4, -0.2) is 26.8 Å². The molecule has 162 valence electrons. The number of hydrogen-bond acceptors (Lipinski definition) is 6. The number of rotatable bonds is 1. The summed E-state index contributed by atoms with van der Waals surface area (Å²) in [5, 5.41) is 4.74. The molecule has 2 bridgehead atoms. The zero-order valence-electron chi connectivity index (χ0n) is 17.7. The van der Waals surface area contributed by atoms with E-state index >= 15 is 0 Å². The predicted octanol–water partition coefficient (Wildman–Crippen LogP) is 4.61. The monoisotopic (exact) mass is 430 g/mol. The second-order valence-electron chi connectivity index (χ2n) is 8.65. The van der Waals surface area contributed by atoms with Crippen LogP contribution in [0.4, 0.5) is 10.2 Å². The van der Waals surface area contributed by atoms with Crippen molar-refractivity contribution in [2.45, 2.75) is 50.8 Å². The van der Waals surface area contributed by atoms with Gasteiger partial charge in [0, 0.05) is 29.3 Å². The number of ether oxygens (including phenoxy) is 1. The Kier molecular flexibility index (Phi) is 4.34. The maximum atomic E-state index is 14.2. The summed E-state index contributed by atoms with van der Waals surface area (Å²) in [4.78, 5) is 13.6. The molecule has 2 aromatic heterocycles. The molecule has 4 heterocycles. The Balaban J connectivity index is 1.56. The molecule has 0 spiro atoms. The molecule has 7 nitrogen and oxygen atoms in total. The minimum Gasteiger partial charge on any atom is -0.482 e. The summed E-state index contributed by atoms with van der Waals surface area (Å²) in [6.45, 7) is 1.88. The lowest BCUT2D eigenvalue weighted by molar-refractivity contribution is 0.226. The van der Waals surface area contributed by atoms with Crippen LogP contribution in [0.15, 0.2) is 46.6 Å². The lowest BCUT2D eigenvalue weighted by atomic mass is 9.90. The second kappa shape index (κ2) is 7.25. The van der Waals surface area contributed by atoms with E-state index in [4.69, 9.17) is 15.6 Å². The van der Waals surface area contributed by atoms with Crippen molar-refractivity contribution in [1.82, 2.24) is 14.8 Å². The van der Waals surface area contributed by atoms with Gasteiger partial charge in [-0.2, -0.15) is 5.10 Å². The third kappa shape index (κ3) is 3.01. The van der Waals surface area contributed by atoms with Crippen molar-refractivity contribution in [3.63, 3.8) is 0 Å². The number of halogens is 1. The highest BCUT2D eigenvalue weighted by atomic mass is 19.1. The Hall–Kier alpha value is -3.55. The van der Waals surface area contributed by atoms with Gasteiger partial charge in [-0.3, -0.25) is 9.67 Å². The summed E-state index contributed by atoms with van der Waals surface area (Å²) in [7, 11) is 0. The number of pyridine rings is 1. The van der Waals surface area contributed by atoms with E-state index in [1.54, 1.807) is 18.6 Å². The number of aromatic nitrogens is 3. The van der Waals surface area contributed by atoms with Crippen LogP contribution in [0.2, 0.25) is 0 Å². The van der Waals surface area contributed by atoms with Crippen LogP contribution in [0, 0.1) is 5.82 Å². The molecule has 3 aliphatic rings. The number of anilines is 1. The third-order valence-corrected chi connectivity index (χ3v) is 6.66. The molecule has 1 aliphatic carbocycles. The van der Waals surface area contributed by atoms with Gasteiger partial charge >= 0.3 is 0 Å². The largest absolute Gasteiger partial charge is 0.482 e. The molecule has 2 atom stereocenters. The molecule has 0 saturated heterocycles. The number of benzene rings is 1. The Morgan fingerprint density at radius 2 is 2.03 bits per heavy atom. The zero-order chi connectivity index (χ0) is 21.8. The van der Waals surface area contributed by atoms with Crippen molar-refractivity contribution < 1.29 is 9.13 Å². The highest BCUT2D eigenvalue weighted by molar-refractivity contribution is 6.01.